The minimum absolute atomic E-state index is 0.170. The van der Waals surface area contributed by atoms with Gasteiger partial charge in [0.15, 0.2) is 0 Å². The first-order valence-corrected chi connectivity index (χ1v) is 4.38. The lowest BCUT2D eigenvalue weighted by atomic mass is 10.1. The quantitative estimate of drug-likeness (QED) is 0.758. The Labute approximate surface area is 87.0 Å². The van der Waals surface area contributed by atoms with Crippen molar-refractivity contribution in [2.24, 2.45) is 5.73 Å². The van der Waals surface area contributed by atoms with Gasteiger partial charge in [0, 0.05) is 5.56 Å². The van der Waals surface area contributed by atoms with Crippen LogP contribution in [0.2, 0.25) is 0 Å². The molecule has 0 heterocycles. The lowest BCUT2D eigenvalue weighted by Crippen LogP contribution is -2.03. The van der Waals surface area contributed by atoms with E-state index in [1.54, 1.807) is 19.1 Å². The summed E-state index contributed by atoms with van der Waals surface area (Å²) in [7, 11) is 0. The average Bonchev–Trinajstić information content (AvgIpc) is 2.18. The second-order valence-electron chi connectivity index (χ2n) is 2.86. The second-order valence-corrected chi connectivity index (χ2v) is 2.86. The van der Waals surface area contributed by atoms with Crippen LogP contribution in [0.15, 0.2) is 18.2 Å². The fraction of sp³-hybridized carbons (Fsp3) is 0.273. The highest BCUT2D eigenvalue weighted by molar-refractivity contribution is 5.43. The van der Waals surface area contributed by atoms with E-state index in [4.69, 9.17) is 5.73 Å². The second kappa shape index (κ2) is 5.32. The molecule has 1 aromatic carbocycles. The highest BCUT2D eigenvalue weighted by Crippen LogP contribution is 2.20. The predicted molar refractivity (Wildman–Crippen MR) is 53.7 cm³/mol. The molecule has 0 atom stereocenters. The van der Waals surface area contributed by atoms with E-state index in [9.17, 15) is 8.78 Å². The molecule has 15 heavy (non-hydrogen) atoms. The van der Waals surface area contributed by atoms with Crippen LogP contribution in [-0.2, 0) is 0 Å². The monoisotopic (exact) mass is 211 g/mol. The van der Waals surface area contributed by atoms with Gasteiger partial charge in [-0.1, -0.05) is 11.8 Å². The van der Waals surface area contributed by atoms with E-state index >= 15 is 0 Å². The molecule has 1 rings (SSSR count). The van der Waals surface area contributed by atoms with Gasteiger partial charge in [-0.25, -0.2) is 0 Å². The molecule has 0 fully saturated rings. The van der Waals surface area contributed by atoms with Crippen LogP contribution in [0.4, 0.5) is 8.78 Å². The zero-order chi connectivity index (χ0) is 11.3. The molecule has 0 saturated carbocycles. The molecule has 0 radical (unpaired) electrons. The molecule has 2 nitrogen and oxygen atoms in total. The van der Waals surface area contributed by atoms with Crippen LogP contribution in [0.3, 0.4) is 0 Å². The molecule has 4 heteroatoms. The van der Waals surface area contributed by atoms with Gasteiger partial charge in [0.2, 0.25) is 0 Å². The summed E-state index contributed by atoms with van der Waals surface area (Å²) in [6, 6.07) is 4.77. The minimum Gasteiger partial charge on any atom is -0.435 e. The Bertz CT molecular complexity index is 393. The van der Waals surface area contributed by atoms with E-state index in [0.717, 1.165) is 5.56 Å². The zero-order valence-corrected chi connectivity index (χ0v) is 8.26. The van der Waals surface area contributed by atoms with Crippen LogP contribution in [0.25, 0.3) is 0 Å². The molecule has 0 amide bonds. The number of rotatable bonds is 2. The number of ether oxygens (including phenoxy) is 1. The van der Waals surface area contributed by atoms with E-state index in [-0.39, 0.29) is 12.3 Å². The van der Waals surface area contributed by atoms with Gasteiger partial charge >= 0.3 is 6.61 Å². The number of nitrogens with two attached hydrogens (primary N) is 1. The summed E-state index contributed by atoms with van der Waals surface area (Å²) in [5.74, 6) is 5.66. The average molecular weight is 211 g/mol. The van der Waals surface area contributed by atoms with Crippen LogP contribution < -0.4 is 10.5 Å². The van der Waals surface area contributed by atoms with Gasteiger partial charge in [-0.05, 0) is 30.7 Å². The van der Waals surface area contributed by atoms with E-state index in [1.165, 1.54) is 6.07 Å². The van der Waals surface area contributed by atoms with E-state index in [1.807, 2.05) is 0 Å². The number of hydrogen-bond donors (Lipinski definition) is 1. The molecule has 0 unspecified atom stereocenters. The van der Waals surface area contributed by atoms with E-state index < -0.39 is 6.61 Å². The van der Waals surface area contributed by atoms with Crippen LogP contribution in [0.5, 0.6) is 5.75 Å². The maximum absolute atomic E-state index is 11.9. The number of hydrogen-bond acceptors (Lipinski definition) is 2. The lowest BCUT2D eigenvalue weighted by molar-refractivity contribution is -0.0502. The molecule has 1 aromatic rings. The molecule has 0 saturated heterocycles. The van der Waals surface area contributed by atoms with Gasteiger partial charge in [0.1, 0.15) is 5.75 Å². The van der Waals surface area contributed by atoms with Crippen molar-refractivity contribution in [3.05, 3.63) is 29.3 Å². The number of halogens is 2. The molecule has 0 aromatic heterocycles. The Hall–Kier alpha value is -1.60. The fourth-order valence-corrected chi connectivity index (χ4v) is 1.11. The van der Waals surface area contributed by atoms with Crippen molar-refractivity contribution in [1.82, 2.24) is 0 Å². The number of alkyl halides is 2. The smallest absolute Gasteiger partial charge is 0.387 e. The normalized spacial score (nSPS) is 9.67. The van der Waals surface area contributed by atoms with Crippen molar-refractivity contribution < 1.29 is 13.5 Å². The van der Waals surface area contributed by atoms with Gasteiger partial charge in [-0.2, -0.15) is 8.78 Å². The Balaban J connectivity index is 2.88. The van der Waals surface area contributed by atoms with Crippen molar-refractivity contribution in [1.29, 1.82) is 0 Å². The molecule has 0 aliphatic rings. The van der Waals surface area contributed by atoms with E-state index in [2.05, 4.69) is 16.6 Å². The Morgan fingerprint density at radius 2 is 2.20 bits per heavy atom. The first kappa shape index (κ1) is 11.5. The summed E-state index contributed by atoms with van der Waals surface area (Å²) in [4.78, 5) is 0. The first-order chi connectivity index (χ1) is 7.13. The predicted octanol–water partition coefficient (Wildman–Crippen LogP) is 1.91. The maximum Gasteiger partial charge on any atom is 0.387 e. The SMILES string of the molecule is Cc1cc(C#CCN)ccc1OC(F)F. The van der Waals surface area contributed by atoms with Crippen molar-refractivity contribution >= 4 is 0 Å². The van der Waals surface area contributed by atoms with Crippen LogP contribution in [0, 0.1) is 18.8 Å². The van der Waals surface area contributed by atoms with Crippen LogP contribution in [-0.4, -0.2) is 13.2 Å². The van der Waals surface area contributed by atoms with Gasteiger partial charge in [-0.15, -0.1) is 0 Å². The first-order valence-electron chi connectivity index (χ1n) is 4.38. The molecule has 0 aliphatic heterocycles. The zero-order valence-electron chi connectivity index (χ0n) is 8.26. The Morgan fingerprint density at radius 3 is 2.73 bits per heavy atom. The minimum atomic E-state index is -2.80. The molecular formula is C11H11F2NO. The van der Waals surface area contributed by atoms with Crippen molar-refractivity contribution in [3.8, 4) is 17.6 Å². The molecule has 80 valence electrons. The molecular weight excluding hydrogens is 200 g/mol. The highest BCUT2D eigenvalue weighted by Gasteiger charge is 2.06. The summed E-state index contributed by atoms with van der Waals surface area (Å²) >= 11 is 0. The summed E-state index contributed by atoms with van der Waals surface area (Å²) in [5.41, 5.74) is 6.57. The Kier molecular flexibility index (Phi) is 4.07. The fourth-order valence-electron chi connectivity index (χ4n) is 1.11. The summed E-state index contributed by atoms with van der Waals surface area (Å²) < 4.78 is 28.2. The van der Waals surface area contributed by atoms with Gasteiger partial charge in [0.05, 0.1) is 6.54 Å². The standard InChI is InChI=1S/C11H11F2NO/c1-8-7-9(3-2-6-14)4-5-10(8)15-11(12)13/h4-5,7,11H,6,14H2,1H3. The van der Waals surface area contributed by atoms with Crippen LogP contribution in [0.1, 0.15) is 11.1 Å². The number of benzene rings is 1. The third-order valence-electron chi connectivity index (χ3n) is 1.73. The molecule has 0 bridgehead atoms. The van der Waals surface area contributed by atoms with E-state index in [0.29, 0.717) is 5.56 Å². The highest BCUT2D eigenvalue weighted by atomic mass is 19.3. The topological polar surface area (TPSA) is 35.2 Å². The van der Waals surface area contributed by atoms with Crippen molar-refractivity contribution in [2.75, 3.05) is 6.54 Å². The summed E-state index contributed by atoms with van der Waals surface area (Å²) in [5, 5.41) is 0. The third-order valence-corrected chi connectivity index (χ3v) is 1.73. The summed E-state index contributed by atoms with van der Waals surface area (Å²) in [6.07, 6.45) is 0. The molecule has 0 aliphatic carbocycles. The van der Waals surface area contributed by atoms with Gasteiger partial charge < -0.3 is 10.5 Å². The van der Waals surface area contributed by atoms with Crippen LogP contribution >= 0.6 is 0 Å². The van der Waals surface area contributed by atoms with Crippen molar-refractivity contribution in [2.45, 2.75) is 13.5 Å². The van der Waals surface area contributed by atoms with Gasteiger partial charge in [0.25, 0.3) is 0 Å². The Morgan fingerprint density at radius 1 is 1.47 bits per heavy atom. The van der Waals surface area contributed by atoms with Crippen molar-refractivity contribution in [3.63, 3.8) is 0 Å². The summed E-state index contributed by atoms with van der Waals surface area (Å²) in [6.45, 7) is -0.843. The maximum atomic E-state index is 11.9. The molecule has 2 N–H and O–H groups in total. The number of aryl methyl sites for hydroxylation is 1. The third kappa shape index (κ3) is 3.56. The lowest BCUT2D eigenvalue weighted by Gasteiger charge is -2.07. The van der Waals surface area contributed by atoms with Gasteiger partial charge in [-0.3, -0.25) is 0 Å². The largest absolute Gasteiger partial charge is 0.435 e. The molecule has 0 spiro atoms.